The lowest BCUT2D eigenvalue weighted by Gasteiger charge is -2.17. The highest BCUT2D eigenvalue weighted by Gasteiger charge is 2.38. The highest BCUT2D eigenvalue weighted by molar-refractivity contribution is 6.35. The first-order valence-corrected chi connectivity index (χ1v) is 6.24. The maximum absolute atomic E-state index is 12.5. The van der Waals surface area contributed by atoms with E-state index in [1.165, 1.54) is 13.2 Å². The van der Waals surface area contributed by atoms with Crippen molar-refractivity contribution in [2.75, 3.05) is 23.5 Å². The third-order valence-corrected chi connectivity index (χ3v) is 3.36. The lowest BCUT2D eigenvalue weighted by molar-refractivity contribution is 0.0925. The average Bonchev–Trinajstić information content (AvgIpc) is 2.71. The summed E-state index contributed by atoms with van der Waals surface area (Å²) in [6, 6.07) is 9.39. The molecule has 0 spiro atoms. The summed E-state index contributed by atoms with van der Waals surface area (Å²) in [4.78, 5) is 26.0. The topological polar surface area (TPSA) is 98.7 Å². The lowest BCUT2D eigenvalue weighted by atomic mass is 10.1. The summed E-state index contributed by atoms with van der Waals surface area (Å²) in [7, 11) is 1.45. The zero-order chi connectivity index (χ0) is 15.1. The number of nitrogens with two attached hydrogens (primary N) is 2. The molecule has 4 N–H and O–H groups in total. The Morgan fingerprint density at radius 3 is 2.24 bits per heavy atom. The number of fused-ring (bicyclic) bond motifs is 1. The molecule has 2 amide bonds. The summed E-state index contributed by atoms with van der Waals surface area (Å²) in [5, 5.41) is 0. The molecule has 2 aromatic rings. The Morgan fingerprint density at radius 1 is 0.905 bits per heavy atom. The van der Waals surface area contributed by atoms with Crippen molar-refractivity contribution in [3.63, 3.8) is 0 Å². The van der Waals surface area contributed by atoms with Crippen molar-refractivity contribution >= 4 is 28.9 Å². The van der Waals surface area contributed by atoms with E-state index in [9.17, 15) is 9.59 Å². The average molecular weight is 283 g/mol. The number of benzene rings is 2. The summed E-state index contributed by atoms with van der Waals surface area (Å²) in [5.41, 5.74) is 13.3. The van der Waals surface area contributed by atoms with Gasteiger partial charge in [-0.05, 0) is 30.3 Å². The van der Waals surface area contributed by atoms with Crippen molar-refractivity contribution in [1.82, 2.24) is 0 Å². The second-order valence-electron chi connectivity index (χ2n) is 4.68. The van der Waals surface area contributed by atoms with Gasteiger partial charge >= 0.3 is 0 Å². The first-order valence-electron chi connectivity index (χ1n) is 6.24. The van der Waals surface area contributed by atoms with Gasteiger partial charge in [0.15, 0.2) is 0 Å². The molecule has 0 fully saturated rings. The fraction of sp³-hybridized carbons (Fsp3) is 0.0667. The van der Waals surface area contributed by atoms with Crippen LogP contribution in [0.25, 0.3) is 0 Å². The summed E-state index contributed by atoms with van der Waals surface area (Å²) >= 11 is 0. The number of carbonyl (C=O) groups is 2. The van der Waals surface area contributed by atoms with Crippen molar-refractivity contribution in [3.05, 3.63) is 47.5 Å². The van der Waals surface area contributed by atoms with Crippen molar-refractivity contribution in [3.8, 4) is 5.75 Å². The van der Waals surface area contributed by atoms with Crippen molar-refractivity contribution < 1.29 is 14.3 Å². The molecule has 0 bridgehead atoms. The van der Waals surface area contributed by atoms with Gasteiger partial charge in [-0.1, -0.05) is 0 Å². The van der Waals surface area contributed by atoms with Gasteiger partial charge in [0, 0.05) is 17.4 Å². The van der Waals surface area contributed by atoms with E-state index >= 15 is 0 Å². The molecule has 1 heterocycles. The molecule has 0 saturated carbocycles. The van der Waals surface area contributed by atoms with Gasteiger partial charge < -0.3 is 16.2 Å². The Morgan fingerprint density at radius 2 is 1.52 bits per heavy atom. The summed E-state index contributed by atoms with van der Waals surface area (Å²) < 4.78 is 5.21. The number of rotatable bonds is 2. The number of nitrogens with zero attached hydrogens (tertiary/aromatic N) is 1. The molecular weight excluding hydrogens is 270 g/mol. The quantitative estimate of drug-likeness (QED) is 0.645. The van der Waals surface area contributed by atoms with E-state index in [4.69, 9.17) is 16.2 Å². The molecule has 0 saturated heterocycles. The SMILES string of the molecule is COc1cc(N)ccc1N1C(=O)c2ccc(N)cc2C1=O. The Hall–Kier alpha value is -3.02. The van der Waals surface area contributed by atoms with E-state index in [0.29, 0.717) is 33.9 Å². The maximum Gasteiger partial charge on any atom is 0.266 e. The number of ether oxygens (including phenoxy) is 1. The van der Waals surface area contributed by atoms with Gasteiger partial charge in [-0.15, -0.1) is 0 Å². The summed E-state index contributed by atoms with van der Waals surface area (Å²) in [6.45, 7) is 0. The normalized spacial score (nSPS) is 13.5. The number of amides is 2. The van der Waals surface area contributed by atoms with E-state index in [2.05, 4.69) is 0 Å². The fourth-order valence-corrected chi connectivity index (χ4v) is 2.36. The predicted octanol–water partition coefficient (Wildman–Crippen LogP) is 1.66. The largest absolute Gasteiger partial charge is 0.494 e. The molecule has 0 radical (unpaired) electrons. The van der Waals surface area contributed by atoms with E-state index < -0.39 is 11.8 Å². The van der Waals surface area contributed by atoms with Gasteiger partial charge in [0.25, 0.3) is 11.8 Å². The second-order valence-corrected chi connectivity index (χ2v) is 4.68. The number of hydrogen-bond donors (Lipinski definition) is 2. The molecular formula is C15H13N3O3. The predicted molar refractivity (Wildman–Crippen MR) is 79.4 cm³/mol. The van der Waals surface area contributed by atoms with Crippen molar-refractivity contribution in [2.24, 2.45) is 0 Å². The van der Waals surface area contributed by atoms with Gasteiger partial charge in [-0.25, -0.2) is 4.90 Å². The van der Waals surface area contributed by atoms with Crippen LogP contribution in [0.3, 0.4) is 0 Å². The minimum atomic E-state index is -0.426. The van der Waals surface area contributed by atoms with Crippen LogP contribution in [-0.2, 0) is 0 Å². The number of anilines is 3. The van der Waals surface area contributed by atoms with Gasteiger partial charge in [-0.3, -0.25) is 9.59 Å². The van der Waals surface area contributed by atoms with Gasteiger partial charge in [0.1, 0.15) is 5.75 Å². The Kier molecular flexibility index (Phi) is 2.79. The van der Waals surface area contributed by atoms with Crippen molar-refractivity contribution in [2.45, 2.75) is 0 Å². The van der Waals surface area contributed by atoms with Crippen LogP contribution in [-0.4, -0.2) is 18.9 Å². The van der Waals surface area contributed by atoms with E-state index in [-0.39, 0.29) is 0 Å². The van der Waals surface area contributed by atoms with Crippen LogP contribution < -0.4 is 21.1 Å². The van der Waals surface area contributed by atoms with Crippen LogP contribution in [0.2, 0.25) is 0 Å². The van der Waals surface area contributed by atoms with E-state index in [1.54, 1.807) is 30.3 Å². The lowest BCUT2D eigenvalue weighted by Crippen LogP contribution is -2.29. The molecule has 21 heavy (non-hydrogen) atoms. The molecule has 0 unspecified atom stereocenters. The maximum atomic E-state index is 12.5. The molecule has 0 aromatic heterocycles. The van der Waals surface area contributed by atoms with E-state index in [0.717, 1.165) is 4.90 Å². The molecule has 0 aliphatic carbocycles. The smallest absolute Gasteiger partial charge is 0.266 e. The number of nitrogen functional groups attached to an aromatic ring is 2. The summed E-state index contributed by atoms with van der Waals surface area (Å²) in [6.07, 6.45) is 0. The molecule has 1 aliphatic heterocycles. The molecule has 0 atom stereocenters. The highest BCUT2D eigenvalue weighted by Crippen LogP contribution is 2.36. The van der Waals surface area contributed by atoms with Gasteiger partial charge in [0.2, 0.25) is 0 Å². The fourth-order valence-electron chi connectivity index (χ4n) is 2.36. The minimum Gasteiger partial charge on any atom is -0.494 e. The van der Waals surface area contributed by atoms with Crippen LogP contribution in [0.5, 0.6) is 5.75 Å². The van der Waals surface area contributed by atoms with E-state index in [1.807, 2.05) is 0 Å². The number of imide groups is 1. The first-order chi connectivity index (χ1) is 10.0. The molecule has 6 nitrogen and oxygen atoms in total. The number of methoxy groups -OCH3 is 1. The monoisotopic (exact) mass is 283 g/mol. The Balaban J connectivity index is 2.14. The van der Waals surface area contributed by atoms with Crippen LogP contribution in [0, 0.1) is 0 Å². The Bertz CT molecular complexity index is 771. The number of hydrogen-bond acceptors (Lipinski definition) is 5. The summed E-state index contributed by atoms with van der Waals surface area (Å²) in [5.74, 6) is -0.471. The molecule has 3 rings (SSSR count). The van der Waals surface area contributed by atoms with Crippen LogP contribution in [0.15, 0.2) is 36.4 Å². The molecule has 1 aliphatic rings. The standard InChI is InChI=1S/C15H13N3O3/c1-21-13-7-9(17)3-5-12(13)18-14(19)10-4-2-8(16)6-11(10)15(18)20/h2-7H,16-17H2,1H3. The molecule has 2 aromatic carbocycles. The minimum absolute atomic E-state index is 0.291. The van der Waals surface area contributed by atoms with Gasteiger partial charge in [0.05, 0.1) is 23.9 Å². The van der Waals surface area contributed by atoms with Crippen LogP contribution in [0.4, 0.5) is 17.1 Å². The third-order valence-electron chi connectivity index (χ3n) is 3.36. The number of carbonyl (C=O) groups excluding carboxylic acids is 2. The highest BCUT2D eigenvalue weighted by atomic mass is 16.5. The second kappa shape index (κ2) is 4.52. The zero-order valence-corrected chi connectivity index (χ0v) is 11.3. The van der Waals surface area contributed by atoms with Crippen LogP contribution >= 0.6 is 0 Å². The zero-order valence-electron chi connectivity index (χ0n) is 11.3. The van der Waals surface area contributed by atoms with Crippen LogP contribution in [0.1, 0.15) is 20.7 Å². The first kappa shape index (κ1) is 13.0. The van der Waals surface area contributed by atoms with Crippen molar-refractivity contribution in [1.29, 1.82) is 0 Å². The molecule has 106 valence electrons. The molecule has 6 heteroatoms. The van der Waals surface area contributed by atoms with Gasteiger partial charge in [-0.2, -0.15) is 0 Å². The third kappa shape index (κ3) is 1.88. The Labute approximate surface area is 120 Å².